The minimum absolute atomic E-state index is 0.0760. The van der Waals surface area contributed by atoms with Gasteiger partial charge in [0.05, 0.1) is 0 Å². The molecular formula is C10H19Cl2F3Si. The molecule has 0 bridgehead atoms. The van der Waals surface area contributed by atoms with E-state index in [9.17, 15) is 13.2 Å². The van der Waals surface area contributed by atoms with Crippen LogP contribution in [0.2, 0.25) is 6.04 Å². The van der Waals surface area contributed by atoms with Gasteiger partial charge in [0, 0.05) is 0 Å². The highest BCUT2D eigenvalue weighted by atomic mass is 35.7. The van der Waals surface area contributed by atoms with Crippen molar-refractivity contribution in [3.8, 4) is 0 Å². The van der Waals surface area contributed by atoms with Crippen molar-refractivity contribution in [2.24, 2.45) is 0 Å². The monoisotopic (exact) mass is 294 g/mol. The quantitative estimate of drug-likeness (QED) is 0.303. The maximum atomic E-state index is 12.3. The zero-order valence-corrected chi connectivity index (χ0v) is 12.1. The molecule has 6 heteroatoms. The van der Waals surface area contributed by atoms with Gasteiger partial charge in [-0.3, -0.25) is 0 Å². The third-order valence-electron chi connectivity index (χ3n) is 2.51. The molecule has 0 aromatic carbocycles. The van der Waals surface area contributed by atoms with Crippen LogP contribution < -0.4 is 0 Å². The van der Waals surface area contributed by atoms with Crippen molar-refractivity contribution in [2.45, 2.75) is 63.7 Å². The van der Waals surface area contributed by atoms with Crippen LogP contribution >= 0.6 is 22.2 Å². The van der Waals surface area contributed by atoms with Gasteiger partial charge in [-0.1, -0.05) is 51.9 Å². The van der Waals surface area contributed by atoms with E-state index >= 15 is 0 Å². The number of hydrogen-bond acceptors (Lipinski definition) is 0. The summed E-state index contributed by atoms with van der Waals surface area (Å²) in [5, 5.41) is 0. The Morgan fingerprint density at radius 2 is 1.31 bits per heavy atom. The van der Waals surface area contributed by atoms with Crippen LogP contribution in [0.15, 0.2) is 0 Å². The molecule has 0 nitrogen and oxygen atoms in total. The summed E-state index contributed by atoms with van der Waals surface area (Å²) >= 11 is 10.7. The first-order valence-corrected chi connectivity index (χ1v) is 9.99. The topological polar surface area (TPSA) is 0 Å². The number of alkyl halides is 3. The molecule has 98 valence electrons. The van der Waals surface area contributed by atoms with E-state index in [1.807, 2.05) is 0 Å². The molecule has 0 saturated carbocycles. The Bertz CT molecular complexity index is 183. The van der Waals surface area contributed by atoms with Crippen molar-refractivity contribution in [2.75, 3.05) is 0 Å². The molecule has 0 aromatic rings. The summed E-state index contributed by atoms with van der Waals surface area (Å²) in [5.74, 6) is -4.39. The van der Waals surface area contributed by atoms with E-state index in [2.05, 4.69) is 6.92 Å². The van der Waals surface area contributed by atoms with E-state index in [1.54, 1.807) is 0 Å². The van der Waals surface area contributed by atoms with Crippen LogP contribution in [-0.4, -0.2) is 12.5 Å². The lowest BCUT2D eigenvalue weighted by atomic mass is 10.1. The van der Waals surface area contributed by atoms with E-state index < -0.39 is 12.5 Å². The number of halogens is 5. The summed E-state index contributed by atoms with van der Waals surface area (Å²) in [6, 6.07) is -0.0760. The van der Waals surface area contributed by atoms with Gasteiger partial charge in [0.1, 0.15) is 0 Å². The van der Waals surface area contributed by atoms with Crippen LogP contribution in [0.25, 0.3) is 0 Å². The summed E-state index contributed by atoms with van der Waals surface area (Å²) < 4.78 is 36.9. The summed E-state index contributed by atoms with van der Waals surface area (Å²) in [6.45, 7) is -1.91. The van der Waals surface area contributed by atoms with Crippen molar-refractivity contribution in [1.29, 1.82) is 0 Å². The molecule has 0 aliphatic rings. The van der Waals surface area contributed by atoms with Gasteiger partial charge in [0.25, 0.3) is 0 Å². The lowest BCUT2D eigenvalue weighted by Crippen LogP contribution is -2.39. The minimum atomic E-state index is -4.39. The molecule has 0 spiro atoms. The maximum absolute atomic E-state index is 12.3. The fourth-order valence-corrected chi connectivity index (χ4v) is 3.23. The third-order valence-corrected chi connectivity index (χ3v) is 6.74. The maximum Gasteiger partial charge on any atom is 0.393 e. The van der Waals surface area contributed by atoms with E-state index in [1.165, 1.54) is 19.3 Å². The van der Waals surface area contributed by atoms with Crippen molar-refractivity contribution in [1.82, 2.24) is 0 Å². The largest absolute Gasteiger partial charge is 0.393 e. The average molecular weight is 295 g/mol. The van der Waals surface area contributed by atoms with Crippen molar-refractivity contribution in [3.63, 3.8) is 0 Å². The second-order valence-electron chi connectivity index (χ2n) is 4.07. The number of unbranched alkanes of at least 4 members (excludes halogenated alkanes) is 6. The summed E-state index contributed by atoms with van der Waals surface area (Å²) in [7, 11) is 0. The average Bonchev–Trinajstić information content (AvgIpc) is 2.14. The van der Waals surface area contributed by atoms with Gasteiger partial charge in [0.2, 0.25) is 0 Å². The minimum Gasteiger partial charge on any atom is -0.173 e. The summed E-state index contributed by atoms with van der Waals surface area (Å²) in [4.78, 5) is 0. The van der Waals surface area contributed by atoms with E-state index in [0.29, 0.717) is 6.42 Å². The Morgan fingerprint density at radius 3 is 1.75 bits per heavy atom. The first-order chi connectivity index (χ1) is 7.31. The van der Waals surface area contributed by atoms with Gasteiger partial charge in [-0.2, -0.15) is 13.2 Å². The molecule has 0 aliphatic carbocycles. The Morgan fingerprint density at radius 1 is 0.875 bits per heavy atom. The van der Waals surface area contributed by atoms with Crippen LogP contribution in [0, 0.1) is 0 Å². The Kier molecular flexibility index (Phi) is 8.11. The molecular weight excluding hydrogens is 276 g/mol. The first-order valence-electron chi connectivity index (χ1n) is 5.76. The van der Waals surface area contributed by atoms with Gasteiger partial charge >= 0.3 is 12.5 Å². The van der Waals surface area contributed by atoms with Crippen LogP contribution in [0.4, 0.5) is 13.2 Å². The third kappa shape index (κ3) is 7.02. The molecule has 0 amide bonds. The molecule has 0 heterocycles. The number of rotatable bonds is 8. The second-order valence-corrected chi connectivity index (χ2v) is 11.0. The van der Waals surface area contributed by atoms with Crippen LogP contribution in [0.3, 0.4) is 0 Å². The van der Waals surface area contributed by atoms with E-state index in [0.717, 1.165) is 19.3 Å². The molecule has 0 N–H and O–H groups in total. The smallest absolute Gasteiger partial charge is 0.173 e. The molecule has 0 aliphatic heterocycles. The Hall–Kier alpha value is 0.587. The summed E-state index contributed by atoms with van der Waals surface area (Å²) in [5.41, 5.74) is 0. The van der Waals surface area contributed by atoms with Gasteiger partial charge in [-0.15, -0.1) is 22.2 Å². The van der Waals surface area contributed by atoms with E-state index in [-0.39, 0.29) is 6.04 Å². The zero-order valence-electron chi connectivity index (χ0n) is 9.55. The molecule has 0 aromatic heterocycles. The molecule has 16 heavy (non-hydrogen) atoms. The van der Waals surface area contributed by atoms with Crippen molar-refractivity contribution in [3.05, 3.63) is 0 Å². The molecule has 0 unspecified atom stereocenters. The van der Waals surface area contributed by atoms with Gasteiger partial charge in [-0.05, 0) is 6.04 Å². The molecule has 0 atom stereocenters. The van der Waals surface area contributed by atoms with Crippen molar-refractivity contribution < 1.29 is 13.2 Å². The lowest BCUT2D eigenvalue weighted by molar-refractivity contribution is -0.0511. The van der Waals surface area contributed by atoms with Crippen LogP contribution in [0.5, 0.6) is 0 Å². The SMILES string of the molecule is CCCCCCCCC[Si](Cl)(Cl)C(F)(F)F. The predicted octanol–water partition coefficient (Wildman–Crippen LogP) is 5.76. The lowest BCUT2D eigenvalue weighted by Gasteiger charge is -2.19. The van der Waals surface area contributed by atoms with Crippen LogP contribution in [0.1, 0.15) is 51.9 Å². The fraction of sp³-hybridized carbons (Fsp3) is 1.00. The molecule has 0 saturated heterocycles. The Balaban J connectivity index is 3.51. The highest BCUT2D eigenvalue weighted by Crippen LogP contribution is 2.39. The molecule has 0 rings (SSSR count). The first kappa shape index (κ1) is 16.6. The number of hydrogen-bond donors (Lipinski definition) is 0. The second kappa shape index (κ2) is 7.83. The zero-order chi connectivity index (χ0) is 12.7. The standard InChI is InChI=1S/C10H19Cl2F3Si/c1-2-3-4-5-6-7-8-9-16(11,12)10(13,14)15/h2-9H2,1H3. The van der Waals surface area contributed by atoms with Crippen LogP contribution in [-0.2, 0) is 0 Å². The fourth-order valence-electron chi connectivity index (χ4n) is 1.45. The predicted molar refractivity (Wildman–Crippen MR) is 66.3 cm³/mol. The molecule has 0 fully saturated rings. The normalized spacial score (nSPS) is 13.1. The van der Waals surface area contributed by atoms with Gasteiger partial charge < -0.3 is 0 Å². The highest BCUT2D eigenvalue weighted by molar-refractivity contribution is 7.46. The highest BCUT2D eigenvalue weighted by Gasteiger charge is 2.55. The van der Waals surface area contributed by atoms with Gasteiger partial charge in [-0.25, -0.2) is 0 Å². The summed E-state index contributed by atoms with van der Waals surface area (Å²) in [6.07, 6.45) is 6.91. The van der Waals surface area contributed by atoms with E-state index in [4.69, 9.17) is 22.2 Å². The van der Waals surface area contributed by atoms with Crippen molar-refractivity contribution >= 4 is 28.9 Å². The van der Waals surface area contributed by atoms with Gasteiger partial charge in [0.15, 0.2) is 0 Å². The molecule has 0 radical (unpaired) electrons. The Labute approximate surface area is 106 Å².